The molecule has 0 bridgehead atoms. The largest absolute Gasteiger partial charge is 0.377 e. The topological polar surface area (TPSA) is 21.3 Å². The Hall–Kier alpha value is -0.0800. The lowest BCUT2D eigenvalue weighted by Crippen LogP contribution is -2.27. The van der Waals surface area contributed by atoms with E-state index in [0.717, 1.165) is 19.7 Å². The Kier molecular flexibility index (Phi) is 5.37. The molecule has 2 heteroatoms. The first-order valence-electron chi connectivity index (χ1n) is 5.26. The molecular formula is C10H21NO. The summed E-state index contributed by atoms with van der Waals surface area (Å²) in [6.45, 7) is 5.28. The molecule has 72 valence electrons. The first-order valence-corrected chi connectivity index (χ1v) is 5.26. The van der Waals surface area contributed by atoms with Crippen LogP contribution < -0.4 is 5.32 Å². The van der Waals surface area contributed by atoms with Crippen LogP contribution in [0.3, 0.4) is 0 Å². The van der Waals surface area contributed by atoms with Crippen molar-refractivity contribution in [3.8, 4) is 0 Å². The van der Waals surface area contributed by atoms with Gasteiger partial charge in [-0.15, -0.1) is 0 Å². The minimum atomic E-state index is 0.595. The van der Waals surface area contributed by atoms with Crippen molar-refractivity contribution in [1.82, 2.24) is 5.32 Å². The molecule has 0 saturated heterocycles. The number of hydrogen-bond donors (Lipinski definition) is 1. The van der Waals surface area contributed by atoms with Crippen molar-refractivity contribution in [3.63, 3.8) is 0 Å². The van der Waals surface area contributed by atoms with Gasteiger partial charge < -0.3 is 10.1 Å². The number of ether oxygens (including phenoxy) is 1. The standard InChI is InChI=1S/C10H21NO/c1-2-3-7-11-8-9-12-10-5-4-6-10/h10-11H,2-9H2,1H3. The smallest absolute Gasteiger partial charge is 0.0594 e. The molecule has 1 aliphatic carbocycles. The number of rotatable bonds is 7. The Morgan fingerprint density at radius 2 is 2.17 bits per heavy atom. The zero-order valence-corrected chi connectivity index (χ0v) is 8.14. The van der Waals surface area contributed by atoms with Crippen LogP contribution in [-0.4, -0.2) is 25.8 Å². The summed E-state index contributed by atoms with van der Waals surface area (Å²) < 4.78 is 5.60. The van der Waals surface area contributed by atoms with Gasteiger partial charge in [-0.05, 0) is 32.2 Å². The molecule has 0 aromatic heterocycles. The molecule has 2 nitrogen and oxygen atoms in total. The summed E-state index contributed by atoms with van der Waals surface area (Å²) in [5.74, 6) is 0. The molecule has 1 saturated carbocycles. The summed E-state index contributed by atoms with van der Waals surface area (Å²) in [6, 6.07) is 0. The molecule has 0 radical (unpaired) electrons. The van der Waals surface area contributed by atoms with Gasteiger partial charge in [0, 0.05) is 6.54 Å². The summed E-state index contributed by atoms with van der Waals surface area (Å²) in [6.07, 6.45) is 7.09. The monoisotopic (exact) mass is 171 g/mol. The molecule has 0 aromatic rings. The Balaban J connectivity index is 1.70. The van der Waals surface area contributed by atoms with Crippen molar-refractivity contribution in [1.29, 1.82) is 0 Å². The molecule has 0 aliphatic heterocycles. The zero-order chi connectivity index (χ0) is 8.65. The molecule has 1 aliphatic rings. The summed E-state index contributed by atoms with van der Waals surface area (Å²) in [7, 11) is 0. The Bertz CT molecular complexity index is 102. The maximum atomic E-state index is 5.60. The van der Waals surface area contributed by atoms with Crippen LogP contribution in [0, 0.1) is 0 Å². The Labute approximate surface area is 75.7 Å². The van der Waals surface area contributed by atoms with E-state index in [0.29, 0.717) is 6.10 Å². The fourth-order valence-electron chi connectivity index (χ4n) is 1.26. The van der Waals surface area contributed by atoms with Gasteiger partial charge in [0.15, 0.2) is 0 Å². The molecule has 12 heavy (non-hydrogen) atoms. The predicted molar refractivity (Wildman–Crippen MR) is 51.4 cm³/mol. The minimum absolute atomic E-state index is 0.595. The zero-order valence-electron chi connectivity index (χ0n) is 8.14. The Morgan fingerprint density at radius 1 is 1.33 bits per heavy atom. The molecule has 0 spiro atoms. The molecule has 1 rings (SSSR count). The normalized spacial score (nSPS) is 17.8. The van der Waals surface area contributed by atoms with Crippen molar-refractivity contribution >= 4 is 0 Å². The third-order valence-corrected chi connectivity index (χ3v) is 2.39. The van der Waals surface area contributed by atoms with E-state index >= 15 is 0 Å². The predicted octanol–water partition coefficient (Wildman–Crippen LogP) is 1.95. The van der Waals surface area contributed by atoms with Gasteiger partial charge in [0.05, 0.1) is 12.7 Å². The van der Waals surface area contributed by atoms with Crippen LogP contribution in [0.25, 0.3) is 0 Å². The third-order valence-electron chi connectivity index (χ3n) is 2.39. The van der Waals surface area contributed by atoms with E-state index in [9.17, 15) is 0 Å². The first-order chi connectivity index (χ1) is 5.93. The van der Waals surface area contributed by atoms with Gasteiger partial charge in [-0.3, -0.25) is 0 Å². The SMILES string of the molecule is CCCCNCCOC1CCC1. The number of unbranched alkanes of at least 4 members (excludes halogenated alkanes) is 1. The van der Waals surface area contributed by atoms with Gasteiger partial charge in [-0.25, -0.2) is 0 Å². The van der Waals surface area contributed by atoms with Crippen LogP contribution in [0.4, 0.5) is 0 Å². The second-order valence-corrected chi connectivity index (χ2v) is 3.53. The fraction of sp³-hybridized carbons (Fsp3) is 1.00. The summed E-state index contributed by atoms with van der Waals surface area (Å²) in [4.78, 5) is 0. The minimum Gasteiger partial charge on any atom is -0.377 e. The van der Waals surface area contributed by atoms with Crippen LogP contribution in [-0.2, 0) is 4.74 Å². The lowest BCUT2D eigenvalue weighted by atomic mass is 9.96. The maximum absolute atomic E-state index is 5.60. The first kappa shape index (κ1) is 10.0. The van der Waals surface area contributed by atoms with Gasteiger partial charge in [0.1, 0.15) is 0 Å². The highest BCUT2D eigenvalue weighted by Crippen LogP contribution is 2.21. The van der Waals surface area contributed by atoms with Crippen LogP contribution in [0.2, 0.25) is 0 Å². The summed E-state index contributed by atoms with van der Waals surface area (Å²) >= 11 is 0. The highest BCUT2D eigenvalue weighted by atomic mass is 16.5. The van der Waals surface area contributed by atoms with Crippen LogP contribution in [0.1, 0.15) is 39.0 Å². The van der Waals surface area contributed by atoms with E-state index in [1.807, 2.05) is 0 Å². The van der Waals surface area contributed by atoms with Crippen molar-refractivity contribution in [3.05, 3.63) is 0 Å². The van der Waals surface area contributed by atoms with Gasteiger partial charge in [-0.2, -0.15) is 0 Å². The second kappa shape index (κ2) is 6.44. The molecule has 0 unspecified atom stereocenters. The van der Waals surface area contributed by atoms with E-state index < -0.39 is 0 Å². The third kappa shape index (κ3) is 4.07. The molecule has 0 atom stereocenters. The van der Waals surface area contributed by atoms with E-state index in [4.69, 9.17) is 4.74 Å². The highest BCUT2D eigenvalue weighted by molar-refractivity contribution is 4.68. The summed E-state index contributed by atoms with van der Waals surface area (Å²) in [5.41, 5.74) is 0. The number of nitrogens with one attached hydrogen (secondary N) is 1. The van der Waals surface area contributed by atoms with Crippen LogP contribution in [0.5, 0.6) is 0 Å². The van der Waals surface area contributed by atoms with Crippen LogP contribution in [0.15, 0.2) is 0 Å². The van der Waals surface area contributed by atoms with E-state index in [-0.39, 0.29) is 0 Å². The van der Waals surface area contributed by atoms with Crippen molar-refractivity contribution in [2.24, 2.45) is 0 Å². The van der Waals surface area contributed by atoms with E-state index in [1.165, 1.54) is 32.1 Å². The molecule has 1 N–H and O–H groups in total. The lowest BCUT2D eigenvalue weighted by molar-refractivity contribution is 0.00432. The van der Waals surface area contributed by atoms with Gasteiger partial charge in [0.25, 0.3) is 0 Å². The molecule has 0 heterocycles. The number of hydrogen-bond acceptors (Lipinski definition) is 2. The van der Waals surface area contributed by atoms with E-state index in [2.05, 4.69) is 12.2 Å². The van der Waals surface area contributed by atoms with Crippen LogP contribution >= 0.6 is 0 Å². The van der Waals surface area contributed by atoms with E-state index in [1.54, 1.807) is 0 Å². The maximum Gasteiger partial charge on any atom is 0.0594 e. The van der Waals surface area contributed by atoms with Crippen molar-refractivity contribution < 1.29 is 4.74 Å². The van der Waals surface area contributed by atoms with Crippen molar-refractivity contribution in [2.75, 3.05) is 19.7 Å². The quantitative estimate of drug-likeness (QED) is 0.591. The Morgan fingerprint density at radius 3 is 2.75 bits per heavy atom. The molecule has 0 aromatic carbocycles. The van der Waals surface area contributed by atoms with Gasteiger partial charge >= 0.3 is 0 Å². The van der Waals surface area contributed by atoms with Gasteiger partial charge in [0.2, 0.25) is 0 Å². The fourth-order valence-corrected chi connectivity index (χ4v) is 1.26. The highest BCUT2D eigenvalue weighted by Gasteiger charge is 2.16. The summed E-state index contributed by atoms with van der Waals surface area (Å²) in [5, 5.41) is 3.36. The average Bonchev–Trinajstić information content (AvgIpc) is 2.00. The molecule has 1 fully saturated rings. The lowest BCUT2D eigenvalue weighted by Gasteiger charge is -2.25. The van der Waals surface area contributed by atoms with Gasteiger partial charge in [-0.1, -0.05) is 13.3 Å². The second-order valence-electron chi connectivity index (χ2n) is 3.53. The average molecular weight is 171 g/mol. The molecular weight excluding hydrogens is 150 g/mol. The molecule has 0 amide bonds. The van der Waals surface area contributed by atoms with Crippen molar-refractivity contribution in [2.45, 2.75) is 45.1 Å².